The molecule has 1 rings (SSSR count). The van der Waals surface area contributed by atoms with Crippen LogP contribution in [0, 0.1) is 0 Å². The van der Waals surface area contributed by atoms with Gasteiger partial charge in [0.2, 0.25) is 0 Å². The van der Waals surface area contributed by atoms with E-state index >= 15 is 0 Å². The Morgan fingerprint density at radius 1 is 1.26 bits per heavy atom. The van der Waals surface area contributed by atoms with Crippen molar-refractivity contribution in [3.05, 3.63) is 23.3 Å². The second kappa shape index (κ2) is 6.65. The van der Waals surface area contributed by atoms with Crippen LogP contribution in [-0.2, 0) is 0 Å². The van der Waals surface area contributed by atoms with E-state index in [1.165, 1.54) is 26.4 Å². The summed E-state index contributed by atoms with van der Waals surface area (Å²) in [5.41, 5.74) is 0.154. The van der Waals surface area contributed by atoms with Crippen LogP contribution in [0.2, 0.25) is 0 Å². The number of carboxylic acids is 1. The van der Waals surface area contributed by atoms with E-state index in [0.29, 0.717) is 0 Å². The Bertz CT molecular complexity index is 437. The number of carboxylic acid groups (broad SMARTS) is 1. The molecule has 2 atom stereocenters. The molecule has 0 saturated carbocycles. The van der Waals surface area contributed by atoms with Crippen LogP contribution in [0.5, 0.6) is 11.5 Å². The molecule has 0 spiro atoms. The molecule has 3 N–H and O–H groups in total. The molecule has 0 aromatic heterocycles. The van der Waals surface area contributed by atoms with Crippen LogP contribution in [0.4, 0.5) is 0 Å². The molecule has 0 saturated heterocycles. The summed E-state index contributed by atoms with van der Waals surface area (Å²) >= 11 is 3.90. The average Bonchev–Trinajstić information content (AvgIpc) is 2.43. The van der Waals surface area contributed by atoms with Gasteiger partial charge in [-0.2, -0.15) is 12.6 Å². The maximum Gasteiger partial charge on any atom is 0.335 e. The predicted molar refractivity (Wildman–Crippen MR) is 71.3 cm³/mol. The fourth-order valence-corrected chi connectivity index (χ4v) is 1.85. The molecule has 106 valence electrons. The number of aliphatic hydroxyl groups is 2. The van der Waals surface area contributed by atoms with Crippen molar-refractivity contribution in [2.45, 2.75) is 12.2 Å². The van der Waals surface area contributed by atoms with Crippen LogP contribution in [0.15, 0.2) is 12.1 Å². The minimum Gasteiger partial charge on any atom is -0.496 e. The van der Waals surface area contributed by atoms with Gasteiger partial charge in [-0.25, -0.2) is 4.79 Å². The van der Waals surface area contributed by atoms with E-state index in [-0.39, 0.29) is 28.4 Å². The largest absolute Gasteiger partial charge is 0.496 e. The molecule has 0 aliphatic rings. The lowest BCUT2D eigenvalue weighted by atomic mass is 10.0. The highest BCUT2D eigenvalue weighted by Crippen LogP contribution is 2.37. The molecule has 0 bridgehead atoms. The van der Waals surface area contributed by atoms with E-state index in [4.69, 9.17) is 14.6 Å². The number of thiol groups is 1. The highest BCUT2D eigenvalue weighted by Gasteiger charge is 2.26. The van der Waals surface area contributed by atoms with Gasteiger partial charge in [0.1, 0.15) is 17.6 Å². The predicted octanol–water partition coefficient (Wildman–Crippen LogP) is 0.726. The number of hydrogen-bond acceptors (Lipinski definition) is 6. The van der Waals surface area contributed by atoms with Crippen LogP contribution < -0.4 is 9.47 Å². The molecule has 1 aromatic carbocycles. The van der Waals surface area contributed by atoms with Gasteiger partial charge in [-0.05, 0) is 12.1 Å². The third kappa shape index (κ3) is 3.31. The van der Waals surface area contributed by atoms with E-state index in [1.54, 1.807) is 0 Å². The summed E-state index contributed by atoms with van der Waals surface area (Å²) in [6, 6.07) is 2.52. The minimum atomic E-state index is -1.29. The van der Waals surface area contributed by atoms with E-state index in [0.717, 1.165) is 0 Å². The van der Waals surface area contributed by atoms with Crippen molar-refractivity contribution >= 4 is 18.6 Å². The van der Waals surface area contributed by atoms with Gasteiger partial charge in [0.25, 0.3) is 0 Å². The Kier molecular flexibility index (Phi) is 5.46. The first-order valence-electron chi connectivity index (χ1n) is 5.42. The maximum atomic E-state index is 11.0. The second-order valence-electron chi connectivity index (χ2n) is 3.79. The lowest BCUT2D eigenvalue weighted by Crippen LogP contribution is -2.21. The van der Waals surface area contributed by atoms with Crippen molar-refractivity contribution in [2.75, 3.05) is 20.0 Å². The SMILES string of the molecule is COc1cc(C(=O)O)cc(OC)c1C(O)C(O)CS. The Morgan fingerprint density at radius 2 is 1.74 bits per heavy atom. The molecule has 0 amide bonds. The number of aliphatic hydroxyl groups excluding tert-OH is 2. The highest BCUT2D eigenvalue weighted by atomic mass is 32.1. The van der Waals surface area contributed by atoms with Gasteiger partial charge >= 0.3 is 5.97 Å². The van der Waals surface area contributed by atoms with Crippen molar-refractivity contribution in [1.29, 1.82) is 0 Å². The lowest BCUT2D eigenvalue weighted by Gasteiger charge is -2.21. The molecule has 2 unspecified atom stereocenters. The maximum absolute atomic E-state index is 11.0. The summed E-state index contributed by atoms with van der Waals surface area (Å²) in [4.78, 5) is 11.0. The van der Waals surface area contributed by atoms with Gasteiger partial charge in [-0.15, -0.1) is 0 Å². The van der Waals surface area contributed by atoms with Gasteiger partial charge in [-0.3, -0.25) is 0 Å². The number of carbonyl (C=O) groups is 1. The van der Waals surface area contributed by atoms with Crippen LogP contribution >= 0.6 is 12.6 Å². The molecule has 7 heteroatoms. The van der Waals surface area contributed by atoms with Crippen LogP contribution in [0.25, 0.3) is 0 Å². The summed E-state index contributed by atoms with van der Waals surface area (Å²) in [7, 11) is 2.67. The number of methoxy groups -OCH3 is 2. The smallest absolute Gasteiger partial charge is 0.335 e. The summed E-state index contributed by atoms with van der Waals surface area (Å²) in [5.74, 6) is -0.851. The van der Waals surface area contributed by atoms with Gasteiger partial charge in [0.15, 0.2) is 0 Å². The second-order valence-corrected chi connectivity index (χ2v) is 4.16. The quantitative estimate of drug-likeness (QED) is 0.576. The van der Waals surface area contributed by atoms with Crippen molar-refractivity contribution in [1.82, 2.24) is 0 Å². The molecule has 6 nitrogen and oxygen atoms in total. The van der Waals surface area contributed by atoms with Crippen LogP contribution in [0.3, 0.4) is 0 Å². The van der Waals surface area contributed by atoms with Crippen molar-refractivity contribution in [3.63, 3.8) is 0 Å². The highest BCUT2D eigenvalue weighted by molar-refractivity contribution is 7.80. The number of hydrogen-bond donors (Lipinski definition) is 4. The molecule has 1 aromatic rings. The first-order chi connectivity index (χ1) is 8.96. The van der Waals surface area contributed by atoms with Crippen LogP contribution in [-0.4, -0.2) is 47.4 Å². The zero-order valence-electron chi connectivity index (χ0n) is 10.5. The zero-order chi connectivity index (χ0) is 14.6. The molecular formula is C12H16O6S. The van der Waals surface area contributed by atoms with Gasteiger partial charge in [0, 0.05) is 5.75 Å². The molecule has 0 aliphatic carbocycles. The molecule has 0 radical (unpaired) electrons. The molecular weight excluding hydrogens is 272 g/mol. The third-order valence-electron chi connectivity index (χ3n) is 2.64. The standard InChI is InChI=1S/C12H16O6S/c1-17-8-3-6(12(15)16)4-9(18-2)10(8)11(14)7(13)5-19/h3-4,7,11,13-14,19H,5H2,1-2H3,(H,15,16). The van der Waals surface area contributed by atoms with Crippen molar-refractivity contribution < 1.29 is 29.6 Å². The summed E-state index contributed by atoms with van der Waals surface area (Å²) in [6.45, 7) is 0. The topological polar surface area (TPSA) is 96.2 Å². The Balaban J connectivity index is 3.40. The van der Waals surface area contributed by atoms with Gasteiger partial charge < -0.3 is 24.8 Å². The van der Waals surface area contributed by atoms with Gasteiger partial charge in [-0.1, -0.05) is 0 Å². The number of rotatable bonds is 6. The van der Waals surface area contributed by atoms with Crippen molar-refractivity contribution in [2.24, 2.45) is 0 Å². The minimum absolute atomic E-state index is 0.0359. The number of benzene rings is 1. The van der Waals surface area contributed by atoms with E-state index in [2.05, 4.69) is 12.6 Å². The summed E-state index contributed by atoms with van der Waals surface area (Å²) in [6.07, 6.45) is -2.41. The zero-order valence-corrected chi connectivity index (χ0v) is 11.4. The first kappa shape index (κ1) is 15.6. The Labute approximate surface area is 116 Å². The van der Waals surface area contributed by atoms with Gasteiger partial charge in [0.05, 0.1) is 31.5 Å². The van der Waals surface area contributed by atoms with E-state index in [1.807, 2.05) is 0 Å². The molecule has 19 heavy (non-hydrogen) atoms. The first-order valence-corrected chi connectivity index (χ1v) is 6.05. The normalized spacial score (nSPS) is 13.7. The summed E-state index contributed by atoms with van der Waals surface area (Å²) < 4.78 is 10.1. The summed E-state index contributed by atoms with van der Waals surface area (Å²) in [5, 5.41) is 28.7. The number of ether oxygens (including phenoxy) is 2. The van der Waals surface area contributed by atoms with E-state index in [9.17, 15) is 15.0 Å². The average molecular weight is 288 g/mol. The fraction of sp³-hybridized carbons (Fsp3) is 0.417. The van der Waals surface area contributed by atoms with E-state index < -0.39 is 18.2 Å². The fourth-order valence-electron chi connectivity index (χ4n) is 1.65. The molecule has 0 fully saturated rings. The Morgan fingerprint density at radius 3 is 2.05 bits per heavy atom. The Hall–Kier alpha value is -1.44. The number of aromatic carboxylic acids is 1. The third-order valence-corrected chi connectivity index (χ3v) is 3.01. The molecule has 0 aliphatic heterocycles. The monoisotopic (exact) mass is 288 g/mol. The lowest BCUT2D eigenvalue weighted by molar-refractivity contribution is 0.0306. The molecule has 0 heterocycles. The van der Waals surface area contributed by atoms with Crippen LogP contribution in [0.1, 0.15) is 22.0 Å². The van der Waals surface area contributed by atoms with Crippen molar-refractivity contribution in [3.8, 4) is 11.5 Å².